The van der Waals surface area contributed by atoms with Crippen molar-refractivity contribution in [2.45, 2.75) is 71.7 Å². The molecule has 2 rings (SSSR count). The van der Waals surface area contributed by atoms with E-state index < -0.39 is 15.6 Å². The first-order valence-electron chi connectivity index (χ1n) is 8.61. The Kier molecular flexibility index (Phi) is 6.95. The molecule has 0 aromatic heterocycles. The molecular weight excluding hydrogens is 353 g/mol. The Morgan fingerprint density at radius 3 is 2.16 bits per heavy atom. The average Bonchev–Trinajstić information content (AvgIpc) is 3.15. The van der Waals surface area contributed by atoms with Crippen LogP contribution in [0.25, 0.3) is 0 Å². The molecule has 7 heteroatoms. The number of allylic oxidation sites excluding steroid dienone is 4. The minimum absolute atomic E-state index is 0.294. The second-order valence-electron chi connectivity index (χ2n) is 6.22. The Hall–Kier alpha value is -1.24. The molecule has 0 unspecified atom stereocenters. The molecule has 25 heavy (non-hydrogen) atoms. The van der Waals surface area contributed by atoms with E-state index in [1.807, 2.05) is 33.8 Å². The third kappa shape index (κ3) is 4.30. The predicted molar refractivity (Wildman–Crippen MR) is 93.1 cm³/mol. The number of hydrogen-bond acceptors (Lipinski definition) is 3. The monoisotopic (exact) mass is 380 g/mol. The second-order valence-corrected chi connectivity index (χ2v) is 7.76. The molecule has 0 aromatic carbocycles. The van der Waals surface area contributed by atoms with E-state index >= 15 is 0 Å². The van der Waals surface area contributed by atoms with Gasteiger partial charge >= 0.3 is 15.6 Å². The highest BCUT2D eigenvalue weighted by molar-refractivity contribution is 7.87. The number of rotatable bonds is 4. The topological polar surface area (TPSA) is 43.4 Å². The van der Waals surface area contributed by atoms with Gasteiger partial charge in [-0.05, 0) is 50.5 Å². The van der Waals surface area contributed by atoms with Crippen molar-refractivity contribution in [3.8, 4) is 0 Å². The van der Waals surface area contributed by atoms with Gasteiger partial charge in [-0.3, -0.25) is 0 Å². The maximum absolute atomic E-state index is 12.6. The van der Waals surface area contributed by atoms with Crippen LogP contribution in [0.5, 0.6) is 0 Å². The van der Waals surface area contributed by atoms with E-state index in [0.29, 0.717) is 12.0 Å². The molecule has 2 aliphatic rings. The molecule has 0 bridgehead atoms. The van der Waals surface area contributed by atoms with Crippen molar-refractivity contribution in [2.24, 2.45) is 5.41 Å². The Bertz CT molecular complexity index is 664. The van der Waals surface area contributed by atoms with E-state index in [0.717, 1.165) is 43.3 Å². The first kappa shape index (κ1) is 21.8. The fourth-order valence-corrected chi connectivity index (χ4v) is 4.18. The second kappa shape index (κ2) is 7.98. The lowest BCUT2D eigenvalue weighted by Crippen LogP contribution is -2.27. The van der Waals surface area contributed by atoms with Crippen molar-refractivity contribution in [2.75, 3.05) is 0 Å². The summed E-state index contributed by atoms with van der Waals surface area (Å²) >= 11 is 0. The third-order valence-electron chi connectivity index (χ3n) is 4.93. The molecule has 0 radical (unpaired) electrons. The third-order valence-corrected chi connectivity index (χ3v) is 5.92. The zero-order valence-corrected chi connectivity index (χ0v) is 16.1. The van der Waals surface area contributed by atoms with E-state index in [2.05, 4.69) is 10.8 Å². The van der Waals surface area contributed by atoms with Gasteiger partial charge in [0, 0.05) is 5.57 Å². The summed E-state index contributed by atoms with van der Waals surface area (Å²) < 4.78 is 64.8. The van der Waals surface area contributed by atoms with Crippen molar-refractivity contribution in [1.29, 1.82) is 0 Å². The van der Waals surface area contributed by atoms with Crippen LogP contribution < -0.4 is 0 Å². The van der Waals surface area contributed by atoms with Gasteiger partial charge in [0.15, 0.2) is 0 Å². The largest absolute Gasteiger partial charge is 0.534 e. The van der Waals surface area contributed by atoms with Crippen LogP contribution in [0.3, 0.4) is 0 Å². The van der Waals surface area contributed by atoms with Crippen molar-refractivity contribution < 1.29 is 25.8 Å². The summed E-state index contributed by atoms with van der Waals surface area (Å²) in [7, 11) is -5.69. The van der Waals surface area contributed by atoms with Gasteiger partial charge < -0.3 is 4.18 Å². The maximum atomic E-state index is 12.6. The summed E-state index contributed by atoms with van der Waals surface area (Å²) in [6.07, 6.45) is 7.00. The summed E-state index contributed by atoms with van der Waals surface area (Å²) in [5.74, 6) is -0.377. The lowest BCUT2D eigenvalue weighted by atomic mass is 9.78. The fraction of sp³-hybridized carbons (Fsp3) is 0.667. The lowest BCUT2D eigenvalue weighted by Gasteiger charge is -2.28. The van der Waals surface area contributed by atoms with Crippen molar-refractivity contribution in [3.63, 3.8) is 0 Å². The quantitative estimate of drug-likeness (QED) is 0.341. The molecule has 0 N–H and O–H groups in total. The minimum Gasteiger partial charge on any atom is -0.376 e. The predicted octanol–water partition coefficient (Wildman–Crippen LogP) is 6.01. The molecule has 1 fully saturated rings. The van der Waals surface area contributed by atoms with E-state index in [9.17, 15) is 21.6 Å². The molecule has 0 atom stereocenters. The lowest BCUT2D eigenvalue weighted by molar-refractivity contribution is -0.0521. The average molecular weight is 380 g/mol. The van der Waals surface area contributed by atoms with E-state index in [1.165, 1.54) is 0 Å². The van der Waals surface area contributed by atoms with Gasteiger partial charge in [-0.1, -0.05) is 44.9 Å². The molecule has 0 aliphatic heterocycles. The zero-order chi connectivity index (χ0) is 19.5. The van der Waals surface area contributed by atoms with Gasteiger partial charge in [-0.15, -0.1) is 0 Å². The Morgan fingerprint density at radius 2 is 1.72 bits per heavy atom. The maximum Gasteiger partial charge on any atom is 0.534 e. The van der Waals surface area contributed by atoms with E-state index in [1.54, 1.807) is 0 Å². The first-order chi connectivity index (χ1) is 11.5. The zero-order valence-electron chi connectivity index (χ0n) is 15.3. The van der Waals surface area contributed by atoms with Crippen LogP contribution in [0.2, 0.25) is 0 Å². The molecule has 0 saturated heterocycles. The molecule has 2 aliphatic carbocycles. The first-order valence-corrected chi connectivity index (χ1v) is 10.0. The van der Waals surface area contributed by atoms with Crippen LogP contribution >= 0.6 is 0 Å². The van der Waals surface area contributed by atoms with Crippen LogP contribution in [0.4, 0.5) is 13.2 Å². The highest BCUT2D eigenvalue weighted by Gasteiger charge is 2.51. The van der Waals surface area contributed by atoms with Gasteiger partial charge in [0.2, 0.25) is 0 Å². The molecular formula is C18H27F3O3S. The molecule has 0 aromatic rings. The molecule has 144 valence electrons. The molecule has 0 amide bonds. The number of halogens is 3. The van der Waals surface area contributed by atoms with Crippen LogP contribution in [0.1, 0.15) is 66.2 Å². The van der Waals surface area contributed by atoms with Crippen LogP contribution in [0.15, 0.2) is 35.1 Å². The Balaban J connectivity index is 0.00000151. The normalized spacial score (nSPS) is 20.5. The molecule has 1 saturated carbocycles. The SMILES string of the molecule is C=C(OS(=O)(=O)C(F)(F)F)C1=C(/C(C)=C\C)CCC12CCCC2.CC. The van der Waals surface area contributed by atoms with Gasteiger partial charge in [0.05, 0.1) is 0 Å². The van der Waals surface area contributed by atoms with Gasteiger partial charge in [-0.25, -0.2) is 0 Å². The van der Waals surface area contributed by atoms with Crippen molar-refractivity contribution >= 4 is 10.1 Å². The van der Waals surface area contributed by atoms with E-state index in [4.69, 9.17) is 0 Å². The standard InChI is InChI=1S/C16H21F3O3S.C2H6/c1-4-11(2)13-7-10-15(8-5-6-9-15)14(13)12(3)22-23(20,21)16(17,18)19;1-2/h4H,3,5-10H2,1-2H3;1-2H3/b11-4-;. The Labute approximate surface area is 148 Å². The highest BCUT2D eigenvalue weighted by atomic mass is 32.2. The van der Waals surface area contributed by atoms with Crippen LogP contribution in [-0.4, -0.2) is 13.9 Å². The smallest absolute Gasteiger partial charge is 0.376 e. The minimum atomic E-state index is -5.69. The van der Waals surface area contributed by atoms with Gasteiger partial charge in [-0.2, -0.15) is 21.6 Å². The van der Waals surface area contributed by atoms with Crippen molar-refractivity contribution in [1.82, 2.24) is 0 Å². The summed E-state index contributed by atoms with van der Waals surface area (Å²) in [6, 6.07) is 0. The number of hydrogen-bond donors (Lipinski definition) is 0. The van der Waals surface area contributed by atoms with Gasteiger partial charge in [0.25, 0.3) is 0 Å². The fourth-order valence-electron chi connectivity index (χ4n) is 3.74. The molecule has 1 spiro atoms. The Morgan fingerprint density at radius 1 is 1.20 bits per heavy atom. The summed E-state index contributed by atoms with van der Waals surface area (Å²) in [5.41, 5.74) is -3.38. The number of alkyl halides is 3. The molecule has 3 nitrogen and oxygen atoms in total. The van der Waals surface area contributed by atoms with Crippen LogP contribution in [-0.2, 0) is 14.3 Å². The summed E-state index contributed by atoms with van der Waals surface area (Å²) in [6.45, 7) is 11.2. The summed E-state index contributed by atoms with van der Waals surface area (Å²) in [4.78, 5) is 0. The van der Waals surface area contributed by atoms with Crippen molar-refractivity contribution in [3.05, 3.63) is 35.1 Å². The highest BCUT2D eigenvalue weighted by Crippen LogP contribution is 2.57. The summed E-state index contributed by atoms with van der Waals surface area (Å²) in [5, 5.41) is 0. The van der Waals surface area contributed by atoms with Crippen LogP contribution in [0, 0.1) is 5.41 Å². The molecule has 0 heterocycles. The van der Waals surface area contributed by atoms with E-state index in [-0.39, 0.29) is 11.2 Å². The van der Waals surface area contributed by atoms with Gasteiger partial charge in [0.1, 0.15) is 5.76 Å².